The van der Waals surface area contributed by atoms with Crippen molar-refractivity contribution in [1.29, 1.82) is 0 Å². The lowest BCUT2D eigenvalue weighted by molar-refractivity contribution is 0.614. The summed E-state index contributed by atoms with van der Waals surface area (Å²) in [4.78, 5) is 9.23. The van der Waals surface area contributed by atoms with Gasteiger partial charge in [0, 0.05) is 22.7 Å². The highest BCUT2D eigenvalue weighted by Gasteiger charge is 2.23. The Morgan fingerprint density at radius 3 is 3.27 bits per heavy atom. The molecule has 0 saturated heterocycles. The topological polar surface area (TPSA) is 28.7 Å². The smallest absolute Gasteiger partial charge is 0.103 e. The second kappa shape index (κ2) is 3.49. The summed E-state index contributed by atoms with van der Waals surface area (Å²) >= 11 is 1.90. The van der Waals surface area contributed by atoms with Gasteiger partial charge in [-0.05, 0) is 43.2 Å². The zero-order chi connectivity index (χ0) is 10.3. The van der Waals surface area contributed by atoms with Gasteiger partial charge in [-0.15, -0.1) is 11.3 Å². The summed E-state index contributed by atoms with van der Waals surface area (Å²) in [5.74, 6) is 1.58. The number of hydrogen-bond donors (Lipinski definition) is 1. The predicted octanol–water partition coefficient (Wildman–Crippen LogP) is 3.25. The van der Waals surface area contributed by atoms with Gasteiger partial charge in [0.15, 0.2) is 0 Å². The fraction of sp³-hybridized carbons (Fsp3) is 0.417. The average molecular weight is 218 g/mol. The highest BCUT2D eigenvalue weighted by Crippen LogP contribution is 2.38. The molecule has 1 aliphatic rings. The van der Waals surface area contributed by atoms with Gasteiger partial charge < -0.3 is 4.98 Å². The number of fused-ring (bicyclic) bond motifs is 1. The minimum atomic E-state index is 0.557. The van der Waals surface area contributed by atoms with Crippen molar-refractivity contribution in [2.75, 3.05) is 0 Å². The lowest BCUT2D eigenvalue weighted by Gasteiger charge is -2.21. The summed E-state index contributed by atoms with van der Waals surface area (Å²) in [6.45, 7) is 2.01. The maximum Gasteiger partial charge on any atom is 0.103 e. The molecule has 2 heterocycles. The molecule has 1 atom stereocenters. The van der Waals surface area contributed by atoms with Crippen LogP contribution in [0.5, 0.6) is 0 Å². The van der Waals surface area contributed by atoms with E-state index < -0.39 is 0 Å². The van der Waals surface area contributed by atoms with Crippen LogP contribution in [0.25, 0.3) is 0 Å². The van der Waals surface area contributed by atoms with Gasteiger partial charge in [-0.3, -0.25) is 0 Å². The van der Waals surface area contributed by atoms with Crippen molar-refractivity contribution in [1.82, 2.24) is 9.97 Å². The van der Waals surface area contributed by atoms with Crippen molar-refractivity contribution >= 4 is 11.3 Å². The minimum absolute atomic E-state index is 0.557. The first-order valence-corrected chi connectivity index (χ1v) is 6.30. The SMILES string of the molecule is Cc1ncc(C2CCCc3sccc32)[nH]1. The molecule has 1 N–H and O–H groups in total. The van der Waals surface area contributed by atoms with Gasteiger partial charge >= 0.3 is 0 Å². The Labute approximate surface area is 93.4 Å². The van der Waals surface area contributed by atoms with Crippen LogP contribution < -0.4 is 0 Å². The summed E-state index contributed by atoms with van der Waals surface area (Å²) in [6, 6.07) is 2.28. The molecule has 1 unspecified atom stereocenters. The van der Waals surface area contributed by atoms with E-state index in [0.717, 1.165) is 5.82 Å². The van der Waals surface area contributed by atoms with Crippen LogP contribution in [0.2, 0.25) is 0 Å². The van der Waals surface area contributed by atoms with Crippen LogP contribution in [0.1, 0.15) is 40.7 Å². The van der Waals surface area contributed by atoms with Gasteiger partial charge in [-0.25, -0.2) is 4.98 Å². The molecule has 0 fully saturated rings. The van der Waals surface area contributed by atoms with Crippen LogP contribution in [-0.4, -0.2) is 9.97 Å². The van der Waals surface area contributed by atoms with Crippen LogP contribution in [0, 0.1) is 6.92 Å². The molecule has 0 amide bonds. The van der Waals surface area contributed by atoms with E-state index >= 15 is 0 Å². The first-order chi connectivity index (χ1) is 7.34. The standard InChI is InChI=1S/C12H14N2S/c1-8-13-7-11(14-8)9-3-2-4-12-10(9)5-6-15-12/h5-7,9H,2-4H2,1H3,(H,13,14). The van der Waals surface area contributed by atoms with Gasteiger partial charge in [0.1, 0.15) is 5.82 Å². The zero-order valence-electron chi connectivity index (χ0n) is 8.79. The normalized spacial score (nSPS) is 20.2. The molecule has 0 bridgehead atoms. The third-order valence-electron chi connectivity index (χ3n) is 3.15. The van der Waals surface area contributed by atoms with E-state index in [9.17, 15) is 0 Å². The van der Waals surface area contributed by atoms with E-state index in [1.54, 1.807) is 4.88 Å². The summed E-state index contributed by atoms with van der Waals surface area (Å²) in [5.41, 5.74) is 2.81. The number of hydrogen-bond acceptors (Lipinski definition) is 2. The first-order valence-electron chi connectivity index (χ1n) is 5.42. The van der Waals surface area contributed by atoms with Crippen molar-refractivity contribution < 1.29 is 0 Å². The third-order valence-corrected chi connectivity index (χ3v) is 4.15. The summed E-state index contributed by atoms with van der Waals surface area (Å²) < 4.78 is 0. The lowest BCUT2D eigenvalue weighted by atomic mass is 9.86. The second-order valence-corrected chi connectivity index (χ2v) is 5.17. The van der Waals surface area contributed by atoms with Crippen molar-refractivity contribution in [3.8, 4) is 0 Å². The van der Waals surface area contributed by atoms with E-state index in [1.165, 1.54) is 30.5 Å². The molecule has 15 heavy (non-hydrogen) atoms. The molecule has 3 heteroatoms. The van der Waals surface area contributed by atoms with E-state index in [4.69, 9.17) is 0 Å². The molecule has 1 aliphatic carbocycles. The molecular weight excluding hydrogens is 204 g/mol. The first kappa shape index (κ1) is 9.16. The number of thiophene rings is 1. The van der Waals surface area contributed by atoms with Crippen LogP contribution in [-0.2, 0) is 6.42 Å². The number of H-pyrrole nitrogens is 1. The van der Waals surface area contributed by atoms with E-state index in [-0.39, 0.29) is 0 Å². The van der Waals surface area contributed by atoms with Gasteiger partial charge in [-0.1, -0.05) is 0 Å². The fourth-order valence-electron chi connectivity index (χ4n) is 2.43. The number of rotatable bonds is 1. The highest BCUT2D eigenvalue weighted by molar-refractivity contribution is 7.10. The molecule has 0 aromatic carbocycles. The number of nitrogens with one attached hydrogen (secondary N) is 1. The van der Waals surface area contributed by atoms with Gasteiger partial charge in [-0.2, -0.15) is 0 Å². The third kappa shape index (κ3) is 1.51. The second-order valence-electron chi connectivity index (χ2n) is 4.17. The summed E-state index contributed by atoms with van der Waals surface area (Å²) in [5, 5.41) is 2.21. The van der Waals surface area contributed by atoms with E-state index in [2.05, 4.69) is 21.4 Å². The average Bonchev–Trinajstić information content (AvgIpc) is 2.84. The monoisotopic (exact) mass is 218 g/mol. The van der Waals surface area contributed by atoms with E-state index in [0.29, 0.717) is 5.92 Å². The van der Waals surface area contributed by atoms with Crippen molar-refractivity contribution in [2.45, 2.75) is 32.1 Å². The highest BCUT2D eigenvalue weighted by atomic mass is 32.1. The van der Waals surface area contributed by atoms with Crippen LogP contribution >= 0.6 is 11.3 Å². The molecule has 0 saturated carbocycles. The number of aryl methyl sites for hydroxylation is 2. The molecule has 2 nitrogen and oxygen atoms in total. The molecule has 0 radical (unpaired) electrons. The van der Waals surface area contributed by atoms with Gasteiger partial charge in [0.05, 0.1) is 0 Å². The van der Waals surface area contributed by atoms with Gasteiger partial charge in [0.2, 0.25) is 0 Å². The fourth-order valence-corrected chi connectivity index (χ4v) is 3.41. The largest absolute Gasteiger partial charge is 0.346 e. The molecular formula is C12H14N2S. The zero-order valence-corrected chi connectivity index (χ0v) is 9.60. The number of aromatic nitrogens is 2. The maximum atomic E-state index is 4.30. The minimum Gasteiger partial charge on any atom is -0.346 e. The van der Waals surface area contributed by atoms with Crippen molar-refractivity contribution in [3.05, 3.63) is 39.6 Å². The van der Waals surface area contributed by atoms with Crippen LogP contribution in [0.4, 0.5) is 0 Å². The Kier molecular flexibility index (Phi) is 2.13. The van der Waals surface area contributed by atoms with Crippen molar-refractivity contribution in [2.24, 2.45) is 0 Å². The van der Waals surface area contributed by atoms with E-state index in [1.807, 2.05) is 24.5 Å². The predicted molar refractivity (Wildman–Crippen MR) is 62.4 cm³/mol. The summed E-state index contributed by atoms with van der Waals surface area (Å²) in [7, 11) is 0. The number of nitrogens with zero attached hydrogens (tertiary/aromatic N) is 1. The number of aromatic amines is 1. The van der Waals surface area contributed by atoms with Crippen LogP contribution in [0.3, 0.4) is 0 Å². The van der Waals surface area contributed by atoms with Gasteiger partial charge in [0.25, 0.3) is 0 Å². The molecule has 2 aromatic heterocycles. The Morgan fingerprint density at radius 2 is 2.47 bits per heavy atom. The molecule has 3 rings (SSSR count). The number of imidazole rings is 1. The molecule has 0 spiro atoms. The molecule has 2 aromatic rings. The Hall–Kier alpha value is -1.09. The Bertz CT molecular complexity index is 469. The molecule has 78 valence electrons. The lowest BCUT2D eigenvalue weighted by Crippen LogP contribution is -2.08. The molecule has 0 aliphatic heterocycles. The van der Waals surface area contributed by atoms with Crippen molar-refractivity contribution in [3.63, 3.8) is 0 Å². The Morgan fingerprint density at radius 1 is 1.53 bits per heavy atom. The van der Waals surface area contributed by atoms with Crippen LogP contribution in [0.15, 0.2) is 17.6 Å². The Balaban J connectivity index is 2.02. The quantitative estimate of drug-likeness (QED) is 0.782. The summed E-state index contributed by atoms with van der Waals surface area (Å²) in [6.07, 6.45) is 5.81. The maximum absolute atomic E-state index is 4.30.